The van der Waals surface area contributed by atoms with Gasteiger partial charge in [0.2, 0.25) is 0 Å². The Balaban J connectivity index is 1.98. The zero-order valence-electron chi connectivity index (χ0n) is 8.72. The van der Waals surface area contributed by atoms with Crippen LogP contribution in [0, 0.1) is 0 Å². The number of carbonyl (C=O) groups excluding carboxylic acids is 1. The first-order valence-electron chi connectivity index (χ1n) is 4.83. The summed E-state index contributed by atoms with van der Waals surface area (Å²) < 4.78 is 0.851. The molecule has 6 heteroatoms. The predicted octanol–water partition coefficient (Wildman–Crippen LogP) is 2.88. The summed E-state index contributed by atoms with van der Waals surface area (Å²) in [4.78, 5) is 19.5. The highest BCUT2D eigenvalue weighted by molar-refractivity contribution is 9.10. The van der Waals surface area contributed by atoms with Gasteiger partial charge in [-0.3, -0.25) is 10.3 Å². The number of anilines is 2. The van der Waals surface area contributed by atoms with Crippen molar-refractivity contribution in [2.24, 2.45) is 0 Å². The van der Waals surface area contributed by atoms with Crippen LogP contribution in [0.2, 0.25) is 0 Å². The molecule has 86 valence electrons. The summed E-state index contributed by atoms with van der Waals surface area (Å²) in [6.45, 7) is 0. The molecule has 0 unspecified atom stereocenters. The fraction of sp³-hybridized carbons (Fsp3) is 0. The van der Waals surface area contributed by atoms with Gasteiger partial charge in [-0.05, 0) is 24.3 Å². The maximum absolute atomic E-state index is 11.6. The number of halogens is 1. The van der Waals surface area contributed by atoms with Crippen LogP contribution in [0.1, 0.15) is 0 Å². The van der Waals surface area contributed by atoms with E-state index in [0.29, 0.717) is 11.5 Å². The summed E-state index contributed by atoms with van der Waals surface area (Å²) in [6.07, 6.45) is 4.80. The number of urea groups is 1. The summed E-state index contributed by atoms with van der Waals surface area (Å²) in [5.41, 5.74) is 0.625. The van der Waals surface area contributed by atoms with Crippen molar-refractivity contribution in [3.8, 4) is 0 Å². The number of amides is 2. The van der Waals surface area contributed by atoms with Crippen molar-refractivity contribution in [1.29, 1.82) is 0 Å². The summed E-state index contributed by atoms with van der Waals surface area (Å²) >= 11 is 3.30. The van der Waals surface area contributed by atoms with Gasteiger partial charge >= 0.3 is 6.03 Å². The SMILES string of the molecule is O=C(Nc1cccnc1)Nc1cc(Br)ccn1. The zero-order valence-corrected chi connectivity index (χ0v) is 10.3. The summed E-state index contributed by atoms with van der Waals surface area (Å²) in [5, 5.41) is 5.25. The van der Waals surface area contributed by atoms with Crippen molar-refractivity contribution >= 4 is 33.5 Å². The van der Waals surface area contributed by atoms with E-state index >= 15 is 0 Å². The lowest BCUT2D eigenvalue weighted by Gasteiger charge is -2.06. The number of pyridine rings is 2. The molecule has 2 aromatic rings. The normalized spacial score (nSPS) is 9.71. The molecule has 0 spiro atoms. The van der Waals surface area contributed by atoms with E-state index in [1.54, 1.807) is 42.9 Å². The molecular formula is C11H9BrN4O. The first-order valence-corrected chi connectivity index (χ1v) is 5.63. The van der Waals surface area contributed by atoms with E-state index in [1.807, 2.05) is 0 Å². The maximum atomic E-state index is 11.6. The molecule has 0 aliphatic rings. The highest BCUT2D eigenvalue weighted by Gasteiger charge is 2.03. The molecule has 0 radical (unpaired) electrons. The summed E-state index contributed by atoms with van der Waals surface area (Å²) in [7, 11) is 0. The molecule has 0 saturated carbocycles. The average molecular weight is 293 g/mol. The Kier molecular flexibility index (Phi) is 3.66. The van der Waals surface area contributed by atoms with Crippen molar-refractivity contribution < 1.29 is 4.79 Å². The minimum Gasteiger partial charge on any atom is -0.306 e. The second-order valence-corrected chi connectivity index (χ2v) is 4.10. The molecule has 0 bridgehead atoms. The Hall–Kier alpha value is -1.95. The zero-order chi connectivity index (χ0) is 12.1. The predicted molar refractivity (Wildman–Crippen MR) is 68.8 cm³/mol. The molecular weight excluding hydrogens is 284 g/mol. The quantitative estimate of drug-likeness (QED) is 0.894. The lowest BCUT2D eigenvalue weighted by Crippen LogP contribution is -2.20. The monoisotopic (exact) mass is 292 g/mol. The summed E-state index contributed by atoms with van der Waals surface area (Å²) in [5.74, 6) is 0.473. The van der Waals surface area contributed by atoms with E-state index in [2.05, 4.69) is 36.5 Å². The van der Waals surface area contributed by atoms with Crippen LogP contribution in [0.15, 0.2) is 47.3 Å². The van der Waals surface area contributed by atoms with Crippen molar-refractivity contribution in [2.45, 2.75) is 0 Å². The van der Waals surface area contributed by atoms with E-state index in [9.17, 15) is 4.79 Å². The second kappa shape index (κ2) is 5.40. The third-order valence-corrected chi connectivity index (χ3v) is 2.38. The Morgan fingerprint density at radius 3 is 2.82 bits per heavy atom. The van der Waals surface area contributed by atoms with E-state index in [1.165, 1.54) is 0 Å². The van der Waals surface area contributed by atoms with Crippen molar-refractivity contribution in [3.05, 3.63) is 47.3 Å². The minimum absolute atomic E-state index is 0.358. The van der Waals surface area contributed by atoms with E-state index < -0.39 is 0 Å². The van der Waals surface area contributed by atoms with Gasteiger partial charge in [0.1, 0.15) is 5.82 Å². The van der Waals surface area contributed by atoms with Crippen LogP contribution in [0.25, 0.3) is 0 Å². The molecule has 5 nitrogen and oxygen atoms in total. The lowest BCUT2D eigenvalue weighted by molar-refractivity contribution is 0.262. The van der Waals surface area contributed by atoms with E-state index in [0.717, 1.165) is 4.47 Å². The van der Waals surface area contributed by atoms with Gasteiger partial charge < -0.3 is 5.32 Å². The van der Waals surface area contributed by atoms with E-state index in [-0.39, 0.29) is 6.03 Å². The smallest absolute Gasteiger partial charge is 0.306 e. The first kappa shape index (κ1) is 11.5. The van der Waals surface area contributed by atoms with Crippen LogP contribution in [-0.2, 0) is 0 Å². The highest BCUT2D eigenvalue weighted by Crippen LogP contribution is 2.13. The van der Waals surface area contributed by atoms with E-state index in [4.69, 9.17) is 0 Å². The second-order valence-electron chi connectivity index (χ2n) is 3.18. The molecule has 2 aromatic heterocycles. The molecule has 2 amide bonds. The Bertz CT molecular complexity index is 518. The molecule has 0 atom stereocenters. The van der Waals surface area contributed by atoms with Gasteiger partial charge in [0.15, 0.2) is 0 Å². The number of nitrogens with one attached hydrogen (secondary N) is 2. The number of carbonyl (C=O) groups is 1. The van der Waals surface area contributed by atoms with Gasteiger partial charge in [0, 0.05) is 16.9 Å². The standard InChI is InChI=1S/C11H9BrN4O/c12-8-3-5-14-10(6-8)16-11(17)15-9-2-1-4-13-7-9/h1-7H,(H2,14,15,16,17). The van der Waals surface area contributed by atoms with Crippen molar-refractivity contribution in [2.75, 3.05) is 10.6 Å². The number of rotatable bonds is 2. The molecule has 0 saturated heterocycles. The number of aromatic nitrogens is 2. The molecule has 0 aliphatic carbocycles. The van der Waals surface area contributed by atoms with Crippen LogP contribution in [0.5, 0.6) is 0 Å². The van der Waals surface area contributed by atoms with Crippen molar-refractivity contribution in [1.82, 2.24) is 9.97 Å². The first-order chi connectivity index (χ1) is 8.24. The molecule has 0 fully saturated rings. The molecule has 0 aliphatic heterocycles. The largest absolute Gasteiger partial charge is 0.324 e. The van der Waals surface area contributed by atoms with Crippen LogP contribution < -0.4 is 10.6 Å². The highest BCUT2D eigenvalue weighted by atomic mass is 79.9. The van der Waals surface area contributed by atoms with Gasteiger partial charge in [0.25, 0.3) is 0 Å². The third-order valence-electron chi connectivity index (χ3n) is 1.88. The van der Waals surface area contributed by atoms with Crippen LogP contribution in [0.3, 0.4) is 0 Å². The van der Waals surface area contributed by atoms with Gasteiger partial charge in [-0.2, -0.15) is 0 Å². The topological polar surface area (TPSA) is 66.9 Å². The van der Waals surface area contributed by atoms with Crippen LogP contribution in [-0.4, -0.2) is 16.0 Å². The lowest BCUT2D eigenvalue weighted by atomic mass is 10.4. The number of nitrogens with zero attached hydrogens (tertiary/aromatic N) is 2. The van der Waals surface area contributed by atoms with Gasteiger partial charge in [0.05, 0.1) is 11.9 Å². The van der Waals surface area contributed by atoms with Crippen molar-refractivity contribution in [3.63, 3.8) is 0 Å². The molecule has 17 heavy (non-hydrogen) atoms. The van der Waals surface area contributed by atoms with Gasteiger partial charge in [-0.15, -0.1) is 0 Å². The van der Waals surface area contributed by atoms with Crippen LogP contribution in [0.4, 0.5) is 16.3 Å². The average Bonchev–Trinajstić information content (AvgIpc) is 2.30. The Labute approximate surface area is 106 Å². The molecule has 2 N–H and O–H groups in total. The van der Waals surface area contributed by atoms with Gasteiger partial charge in [-0.1, -0.05) is 15.9 Å². The fourth-order valence-electron chi connectivity index (χ4n) is 1.19. The van der Waals surface area contributed by atoms with Gasteiger partial charge in [-0.25, -0.2) is 9.78 Å². The number of hydrogen-bond acceptors (Lipinski definition) is 3. The maximum Gasteiger partial charge on any atom is 0.324 e. The Morgan fingerprint density at radius 1 is 1.24 bits per heavy atom. The van der Waals surface area contributed by atoms with Crippen LogP contribution >= 0.6 is 15.9 Å². The molecule has 2 rings (SSSR count). The molecule has 0 aromatic carbocycles. The Morgan fingerprint density at radius 2 is 2.12 bits per heavy atom. The number of hydrogen-bond donors (Lipinski definition) is 2. The molecule has 2 heterocycles. The summed E-state index contributed by atoms with van der Waals surface area (Å²) in [6, 6.07) is 6.63. The fourth-order valence-corrected chi connectivity index (χ4v) is 1.52. The third kappa shape index (κ3) is 3.53. The minimum atomic E-state index is -0.358.